The lowest BCUT2D eigenvalue weighted by Crippen LogP contribution is -2.48. The van der Waals surface area contributed by atoms with Gasteiger partial charge in [0.25, 0.3) is 0 Å². The number of carbonyl (C=O) groups is 3. The van der Waals surface area contributed by atoms with Crippen molar-refractivity contribution in [2.24, 2.45) is 0 Å². The van der Waals surface area contributed by atoms with Gasteiger partial charge < -0.3 is 19.5 Å². The van der Waals surface area contributed by atoms with Gasteiger partial charge in [0.15, 0.2) is 6.29 Å². The summed E-state index contributed by atoms with van der Waals surface area (Å²) < 4.78 is 11.6. The van der Waals surface area contributed by atoms with Crippen molar-refractivity contribution in [3.8, 4) is 0 Å². The van der Waals surface area contributed by atoms with Gasteiger partial charge in [0.2, 0.25) is 0 Å². The summed E-state index contributed by atoms with van der Waals surface area (Å²) in [4.78, 5) is 37.0. The average Bonchev–Trinajstić information content (AvgIpc) is 2.78. The molecule has 0 aromatic heterocycles. The van der Waals surface area contributed by atoms with Crippen molar-refractivity contribution in [3.63, 3.8) is 0 Å². The zero-order valence-electron chi connectivity index (χ0n) is 16.5. The lowest BCUT2D eigenvalue weighted by Gasteiger charge is -2.44. The molecule has 2 heterocycles. The predicted octanol–water partition coefficient (Wildman–Crippen LogP) is 3.40. The molecule has 0 saturated carbocycles. The SMILES string of the molecule is O=Cc1cc2c(cc1C(=O)O)CCOC21CCN(C(=O)OCc2ccccc2)CC1. The number of likely N-dealkylation sites (tertiary alicyclic amines) is 1. The average molecular weight is 409 g/mol. The van der Waals surface area contributed by atoms with Crippen LogP contribution in [0.4, 0.5) is 4.79 Å². The summed E-state index contributed by atoms with van der Waals surface area (Å²) in [6.45, 7) is 1.63. The quantitative estimate of drug-likeness (QED) is 0.778. The number of carboxylic acids is 1. The van der Waals surface area contributed by atoms with Gasteiger partial charge in [-0.1, -0.05) is 30.3 Å². The van der Waals surface area contributed by atoms with Crippen LogP contribution in [-0.2, 0) is 28.1 Å². The third kappa shape index (κ3) is 3.80. The summed E-state index contributed by atoms with van der Waals surface area (Å²) in [7, 11) is 0. The van der Waals surface area contributed by atoms with Crippen molar-refractivity contribution in [2.45, 2.75) is 31.5 Å². The molecule has 0 aliphatic carbocycles. The van der Waals surface area contributed by atoms with E-state index in [1.165, 1.54) is 0 Å². The van der Waals surface area contributed by atoms with E-state index in [9.17, 15) is 19.5 Å². The Morgan fingerprint density at radius 2 is 1.90 bits per heavy atom. The molecule has 1 saturated heterocycles. The topological polar surface area (TPSA) is 93.1 Å². The molecule has 1 amide bonds. The number of hydrogen-bond acceptors (Lipinski definition) is 5. The highest BCUT2D eigenvalue weighted by Crippen LogP contribution is 2.42. The first kappa shape index (κ1) is 20.1. The Kier molecular flexibility index (Phi) is 5.55. The Morgan fingerprint density at radius 1 is 1.17 bits per heavy atom. The van der Waals surface area contributed by atoms with Gasteiger partial charge in [0.1, 0.15) is 6.61 Å². The lowest BCUT2D eigenvalue weighted by molar-refractivity contribution is -0.0956. The van der Waals surface area contributed by atoms with E-state index in [1.54, 1.807) is 17.0 Å². The van der Waals surface area contributed by atoms with Crippen molar-refractivity contribution in [1.82, 2.24) is 4.90 Å². The molecule has 1 spiro atoms. The molecule has 2 aliphatic heterocycles. The second kappa shape index (κ2) is 8.28. The second-order valence-electron chi connectivity index (χ2n) is 7.64. The fraction of sp³-hybridized carbons (Fsp3) is 0.348. The van der Waals surface area contributed by atoms with Crippen LogP contribution < -0.4 is 0 Å². The van der Waals surface area contributed by atoms with Crippen molar-refractivity contribution in [2.75, 3.05) is 19.7 Å². The van der Waals surface area contributed by atoms with Crippen LogP contribution in [0.5, 0.6) is 0 Å². The number of aldehydes is 1. The number of nitrogens with zero attached hydrogens (tertiary/aromatic N) is 1. The largest absolute Gasteiger partial charge is 0.478 e. The molecule has 156 valence electrons. The first-order valence-corrected chi connectivity index (χ1v) is 9.98. The molecule has 1 fully saturated rings. The van der Waals surface area contributed by atoms with Gasteiger partial charge in [-0.2, -0.15) is 0 Å². The smallest absolute Gasteiger partial charge is 0.410 e. The fourth-order valence-corrected chi connectivity index (χ4v) is 4.28. The molecule has 0 radical (unpaired) electrons. The fourth-order valence-electron chi connectivity index (χ4n) is 4.28. The number of fused-ring (bicyclic) bond motifs is 2. The van der Waals surface area contributed by atoms with E-state index < -0.39 is 11.6 Å². The molecule has 4 rings (SSSR count). The molecule has 0 unspecified atom stereocenters. The highest BCUT2D eigenvalue weighted by molar-refractivity contribution is 5.97. The maximum Gasteiger partial charge on any atom is 0.410 e. The monoisotopic (exact) mass is 409 g/mol. The van der Waals surface area contributed by atoms with Crippen LogP contribution in [0.2, 0.25) is 0 Å². The molecule has 0 bridgehead atoms. The van der Waals surface area contributed by atoms with Crippen LogP contribution in [0.15, 0.2) is 42.5 Å². The minimum absolute atomic E-state index is 0.0164. The number of piperidine rings is 1. The molecule has 2 aliphatic rings. The Morgan fingerprint density at radius 3 is 2.57 bits per heavy atom. The molecule has 7 heteroatoms. The summed E-state index contributed by atoms with van der Waals surface area (Å²) in [5.74, 6) is -1.11. The molecular weight excluding hydrogens is 386 g/mol. The lowest BCUT2D eigenvalue weighted by atomic mass is 9.78. The molecule has 2 aromatic rings. The number of amides is 1. The predicted molar refractivity (Wildman–Crippen MR) is 108 cm³/mol. The second-order valence-corrected chi connectivity index (χ2v) is 7.64. The zero-order chi connectivity index (χ0) is 21.1. The number of rotatable bonds is 4. The van der Waals surface area contributed by atoms with E-state index in [0.717, 1.165) is 16.7 Å². The minimum Gasteiger partial charge on any atom is -0.478 e. The van der Waals surface area contributed by atoms with Crippen LogP contribution in [-0.4, -0.2) is 48.1 Å². The van der Waals surface area contributed by atoms with E-state index in [4.69, 9.17) is 9.47 Å². The number of carboxylic acid groups (broad SMARTS) is 1. The van der Waals surface area contributed by atoms with Gasteiger partial charge >= 0.3 is 12.1 Å². The van der Waals surface area contributed by atoms with Crippen molar-refractivity contribution < 1.29 is 29.0 Å². The van der Waals surface area contributed by atoms with E-state index >= 15 is 0 Å². The number of aromatic carboxylic acids is 1. The van der Waals surface area contributed by atoms with Gasteiger partial charge in [-0.25, -0.2) is 9.59 Å². The van der Waals surface area contributed by atoms with Gasteiger partial charge in [-0.3, -0.25) is 4.79 Å². The van der Waals surface area contributed by atoms with Crippen LogP contribution >= 0.6 is 0 Å². The van der Waals surface area contributed by atoms with Crippen molar-refractivity contribution >= 4 is 18.3 Å². The van der Waals surface area contributed by atoms with E-state index in [2.05, 4.69) is 0 Å². The number of benzene rings is 2. The van der Waals surface area contributed by atoms with Crippen molar-refractivity contribution in [1.29, 1.82) is 0 Å². The Hall–Kier alpha value is -3.19. The number of carbonyl (C=O) groups excluding carboxylic acids is 2. The molecule has 30 heavy (non-hydrogen) atoms. The summed E-state index contributed by atoms with van der Waals surface area (Å²) >= 11 is 0. The highest BCUT2D eigenvalue weighted by atomic mass is 16.6. The molecular formula is C23H23NO6. The summed E-state index contributed by atoms with van der Waals surface area (Å²) in [5, 5.41) is 9.38. The summed E-state index contributed by atoms with van der Waals surface area (Å²) in [6.07, 6.45) is 1.93. The Balaban J connectivity index is 1.47. The third-order valence-corrected chi connectivity index (χ3v) is 5.91. The van der Waals surface area contributed by atoms with Gasteiger partial charge in [0.05, 0.1) is 17.8 Å². The third-order valence-electron chi connectivity index (χ3n) is 5.91. The first-order chi connectivity index (χ1) is 14.5. The van der Waals surface area contributed by atoms with Crippen LogP contribution in [0, 0.1) is 0 Å². The minimum atomic E-state index is -1.11. The van der Waals surface area contributed by atoms with Gasteiger partial charge in [-0.05, 0) is 48.1 Å². The van der Waals surface area contributed by atoms with Gasteiger partial charge in [-0.15, -0.1) is 0 Å². The number of ether oxygens (including phenoxy) is 2. The van der Waals surface area contributed by atoms with E-state index in [0.29, 0.717) is 45.2 Å². The summed E-state index contributed by atoms with van der Waals surface area (Å²) in [5.41, 5.74) is 2.24. The highest BCUT2D eigenvalue weighted by Gasteiger charge is 2.42. The maximum atomic E-state index is 12.5. The van der Waals surface area contributed by atoms with Crippen LogP contribution in [0.25, 0.3) is 0 Å². The van der Waals surface area contributed by atoms with Crippen LogP contribution in [0.3, 0.4) is 0 Å². The first-order valence-electron chi connectivity index (χ1n) is 9.98. The molecule has 0 atom stereocenters. The van der Waals surface area contributed by atoms with E-state index in [-0.39, 0.29) is 23.8 Å². The van der Waals surface area contributed by atoms with Crippen molar-refractivity contribution in [3.05, 3.63) is 70.3 Å². The van der Waals surface area contributed by atoms with Gasteiger partial charge in [0, 0.05) is 18.7 Å². The van der Waals surface area contributed by atoms with Crippen LogP contribution in [0.1, 0.15) is 50.2 Å². The maximum absolute atomic E-state index is 12.5. The standard InChI is InChI=1S/C23H23NO6/c25-14-18-13-20-17(12-19(18)21(26)27)6-11-30-23(20)7-9-24(10-8-23)22(28)29-15-16-4-2-1-3-5-16/h1-5,12-14H,6-11,15H2,(H,26,27). The molecule has 7 nitrogen and oxygen atoms in total. The normalized spacial score (nSPS) is 17.3. The summed E-state index contributed by atoms with van der Waals surface area (Å²) in [6, 6.07) is 12.7. The van der Waals surface area contributed by atoms with E-state index in [1.807, 2.05) is 30.3 Å². The Bertz CT molecular complexity index is 963. The zero-order valence-corrected chi connectivity index (χ0v) is 16.5. The number of hydrogen-bond donors (Lipinski definition) is 1. The molecule has 2 aromatic carbocycles. The Labute approximate surface area is 174 Å². The molecule has 1 N–H and O–H groups in total.